The molecule has 1 aromatic heterocycles. The Bertz CT molecular complexity index is 1040. The molecule has 2 N–H and O–H groups in total. The van der Waals surface area contributed by atoms with Gasteiger partial charge in [-0.25, -0.2) is 4.68 Å². The Morgan fingerprint density at radius 2 is 1.93 bits per heavy atom. The lowest BCUT2D eigenvalue weighted by molar-refractivity contribution is -0.118. The molecular weight excluding hydrogens is 394 g/mol. The van der Waals surface area contributed by atoms with Gasteiger partial charge in [0.05, 0.1) is 10.3 Å². The van der Waals surface area contributed by atoms with Crippen LogP contribution in [0, 0.1) is 0 Å². The van der Waals surface area contributed by atoms with Gasteiger partial charge in [-0.2, -0.15) is 0 Å². The second-order valence-corrected chi connectivity index (χ2v) is 8.52. The Hall–Kier alpha value is -2.51. The summed E-state index contributed by atoms with van der Waals surface area (Å²) in [4.78, 5) is 15.0. The molecule has 0 unspecified atom stereocenters. The molecule has 0 aliphatic carbocycles. The van der Waals surface area contributed by atoms with E-state index >= 15 is 0 Å². The van der Waals surface area contributed by atoms with E-state index < -0.39 is 0 Å². The van der Waals surface area contributed by atoms with Gasteiger partial charge in [-0.1, -0.05) is 53.7 Å². The summed E-state index contributed by atoms with van der Waals surface area (Å²) >= 11 is 7.54. The van der Waals surface area contributed by atoms with Crippen LogP contribution in [0.25, 0.3) is 11.4 Å². The van der Waals surface area contributed by atoms with Gasteiger partial charge in [0, 0.05) is 17.3 Å². The van der Waals surface area contributed by atoms with E-state index in [9.17, 15) is 4.79 Å². The van der Waals surface area contributed by atoms with Gasteiger partial charge in [0.1, 0.15) is 0 Å². The molecule has 0 saturated carbocycles. The number of nitrogens with zero attached hydrogens (tertiary/aromatic N) is 4. The number of rotatable bonds is 4. The van der Waals surface area contributed by atoms with Crippen LogP contribution in [0.5, 0.6) is 0 Å². The number of carbonyl (C=O) groups excluding carboxylic acids is 1. The molecule has 1 amide bonds. The topological polar surface area (TPSA) is 77.0 Å². The molecule has 2 heterocycles. The van der Waals surface area contributed by atoms with Crippen LogP contribution in [0.15, 0.2) is 53.7 Å². The zero-order valence-corrected chi connectivity index (χ0v) is 17.1. The maximum atomic E-state index is 13.2. The number of carbonyl (C=O) groups is 1. The van der Waals surface area contributed by atoms with Gasteiger partial charge in [0.2, 0.25) is 11.1 Å². The lowest BCUT2D eigenvalue weighted by atomic mass is 10.1. The third kappa shape index (κ3) is 3.25. The maximum Gasteiger partial charge on any atom is 0.240 e. The molecule has 0 saturated heterocycles. The monoisotopic (exact) mass is 413 g/mol. The summed E-state index contributed by atoms with van der Waals surface area (Å²) in [5.41, 5.74) is 2.88. The second kappa shape index (κ2) is 7.48. The largest absolute Gasteiger partial charge is 0.335 e. The van der Waals surface area contributed by atoms with Crippen molar-refractivity contribution in [3.63, 3.8) is 0 Å². The highest BCUT2D eigenvalue weighted by Gasteiger charge is 2.34. The summed E-state index contributed by atoms with van der Waals surface area (Å²) in [7, 11) is 0. The summed E-state index contributed by atoms with van der Waals surface area (Å²) in [6.45, 7) is 3.93. The predicted molar refractivity (Wildman–Crippen MR) is 113 cm³/mol. The first kappa shape index (κ1) is 18.8. The van der Waals surface area contributed by atoms with E-state index in [2.05, 4.69) is 23.2 Å². The van der Waals surface area contributed by atoms with Crippen LogP contribution in [0.1, 0.15) is 19.4 Å². The highest BCUT2D eigenvalue weighted by molar-refractivity contribution is 8.00. The Kier molecular flexibility index (Phi) is 5.03. The number of benzene rings is 2. The zero-order chi connectivity index (χ0) is 19.8. The highest BCUT2D eigenvalue weighted by atomic mass is 35.5. The van der Waals surface area contributed by atoms with E-state index in [0.29, 0.717) is 21.6 Å². The highest BCUT2D eigenvalue weighted by Crippen LogP contribution is 2.35. The minimum absolute atomic E-state index is 0.0322. The number of hydrogen-bond acceptors (Lipinski definition) is 5. The first-order valence-electron chi connectivity index (χ1n) is 9.00. The normalized spacial score (nSPS) is 16.8. The Morgan fingerprint density at radius 1 is 1.21 bits per heavy atom. The molecule has 1 aliphatic heterocycles. The van der Waals surface area contributed by atoms with Crippen LogP contribution in [-0.2, 0) is 11.2 Å². The van der Waals surface area contributed by atoms with E-state index in [1.54, 1.807) is 6.07 Å². The number of halogens is 1. The van der Waals surface area contributed by atoms with E-state index in [0.717, 1.165) is 12.1 Å². The lowest BCUT2D eigenvalue weighted by Crippen LogP contribution is -2.40. The van der Waals surface area contributed by atoms with Crippen LogP contribution in [-0.4, -0.2) is 32.1 Å². The molecule has 28 heavy (non-hydrogen) atoms. The maximum absolute atomic E-state index is 13.2. The van der Waals surface area contributed by atoms with Crippen molar-refractivity contribution < 1.29 is 4.79 Å². The van der Waals surface area contributed by atoms with Crippen LogP contribution in [0.3, 0.4) is 0 Å². The number of amides is 1. The number of hydrogen-bond donors (Lipinski definition) is 1. The SMILES string of the molecule is C[C@@H]1Cc2ccccc2N1C(=O)[C@@H](C)Sc1nnc(-c2ccccc2Cl)n1N. The smallest absolute Gasteiger partial charge is 0.240 e. The number of nitrogens with two attached hydrogens (primary N) is 1. The first-order valence-corrected chi connectivity index (χ1v) is 10.3. The van der Waals surface area contributed by atoms with Crippen molar-refractivity contribution in [2.75, 3.05) is 10.7 Å². The molecule has 6 nitrogen and oxygen atoms in total. The van der Waals surface area contributed by atoms with E-state index in [-0.39, 0.29) is 17.2 Å². The summed E-state index contributed by atoms with van der Waals surface area (Å²) in [6, 6.07) is 15.5. The van der Waals surface area contributed by atoms with Crippen molar-refractivity contribution >= 4 is 35.0 Å². The van der Waals surface area contributed by atoms with Crippen molar-refractivity contribution in [1.82, 2.24) is 14.9 Å². The first-order chi connectivity index (χ1) is 13.5. The summed E-state index contributed by atoms with van der Waals surface area (Å²) in [5.74, 6) is 6.69. The Balaban J connectivity index is 1.56. The molecule has 0 spiro atoms. The number of aromatic nitrogens is 3. The zero-order valence-electron chi connectivity index (χ0n) is 15.5. The average molecular weight is 414 g/mol. The Morgan fingerprint density at radius 3 is 2.71 bits per heavy atom. The summed E-state index contributed by atoms with van der Waals surface area (Å²) < 4.78 is 1.39. The molecule has 3 aromatic rings. The molecule has 2 atom stereocenters. The molecule has 0 fully saturated rings. The standard InChI is InChI=1S/C20H20ClN5OS/c1-12-11-14-7-3-6-10-17(14)25(12)19(27)13(2)28-20-24-23-18(26(20)22)15-8-4-5-9-16(15)21/h3-10,12-13H,11,22H2,1-2H3/t12-,13-/m1/s1. The van der Waals surface area contributed by atoms with Gasteiger partial charge in [-0.3, -0.25) is 4.79 Å². The van der Waals surface area contributed by atoms with Crippen molar-refractivity contribution in [2.24, 2.45) is 0 Å². The van der Waals surface area contributed by atoms with Gasteiger partial charge >= 0.3 is 0 Å². The average Bonchev–Trinajstić information content (AvgIpc) is 3.21. The van der Waals surface area contributed by atoms with Crippen LogP contribution in [0.4, 0.5) is 5.69 Å². The summed E-state index contributed by atoms with van der Waals surface area (Å²) in [5, 5.41) is 8.99. The second-order valence-electron chi connectivity index (χ2n) is 6.81. The molecule has 144 valence electrons. The molecule has 2 aromatic carbocycles. The lowest BCUT2D eigenvalue weighted by Gasteiger charge is -2.25. The van der Waals surface area contributed by atoms with Crippen LogP contribution in [0.2, 0.25) is 5.02 Å². The van der Waals surface area contributed by atoms with Crippen molar-refractivity contribution in [1.29, 1.82) is 0 Å². The molecule has 8 heteroatoms. The number of anilines is 1. The Labute approximate surface area is 172 Å². The van der Waals surface area contributed by atoms with Gasteiger partial charge in [0.15, 0.2) is 5.82 Å². The van der Waals surface area contributed by atoms with E-state index in [1.807, 2.05) is 48.2 Å². The number of thioether (sulfide) groups is 1. The third-order valence-corrected chi connectivity index (χ3v) is 6.23. The van der Waals surface area contributed by atoms with Crippen molar-refractivity contribution in [3.8, 4) is 11.4 Å². The predicted octanol–water partition coefficient (Wildman–Crippen LogP) is 3.77. The quantitative estimate of drug-likeness (QED) is 0.520. The van der Waals surface area contributed by atoms with Gasteiger partial charge in [-0.15, -0.1) is 10.2 Å². The van der Waals surface area contributed by atoms with Gasteiger partial charge < -0.3 is 10.7 Å². The number of nitrogen functional groups attached to an aromatic ring is 1. The van der Waals surface area contributed by atoms with Crippen molar-refractivity contribution in [3.05, 3.63) is 59.1 Å². The third-order valence-electron chi connectivity index (χ3n) is 4.85. The molecule has 0 bridgehead atoms. The molecule has 1 aliphatic rings. The van der Waals surface area contributed by atoms with Gasteiger partial charge in [-0.05, 0) is 44.0 Å². The molecule has 0 radical (unpaired) electrons. The fourth-order valence-corrected chi connectivity index (χ4v) is 4.53. The minimum Gasteiger partial charge on any atom is -0.335 e. The fourth-order valence-electron chi connectivity index (χ4n) is 3.49. The van der Waals surface area contributed by atoms with E-state index in [4.69, 9.17) is 17.4 Å². The van der Waals surface area contributed by atoms with Crippen LogP contribution < -0.4 is 10.7 Å². The van der Waals surface area contributed by atoms with Gasteiger partial charge in [0.25, 0.3) is 0 Å². The minimum atomic E-state index is -0.362. The number of fused-ring (bicyclic) bond motifs is 1. The number of para-hydroxylation sites is 1. The van der Waals surface area contributed by atoms with Crippen molar-refractivity contribution in [2.45, 2.75) is 36.7 Å². The van der Waals surface area contributed by atoms with Crippen LogP contribution >= 0.6 is 23.4 Å². The summed E-state index contributed by atoms with van der Waals surface area (Å²) in [6.07, 6.45) is 0.864. The fraction of sp³-hybridized carbons (Fsp3) is 0.250. The molecule has 4 rings (SSSR count). The van der Waals surface area contributed by atoms with E-state index in [1.165, 1.54) is 22.0 Å². The molecular formula is C20H20ClN5OS.